The van der Waals surface area contributed by atoms with Crippen LogP contribution in [-0.2, 0) is 17.6 Å². The molecule has 0 saturated heterocycles. The van der Waals surface area contributed by atoms with Gasteiger partial charge in [0, 0.05) is 11.6 Å². The number of aryl methyl sites for hydroxylation is 2. The Balaban J connectivity index is 2.11. The van der Waals surface area contributed by atoms with Crippen LogP contribution >= 0.6 is 0 Å². The Morgan fingerprint density at radius 2 is 1.84 bits per heavy atom. The fraction of sp³-hybridized carbons (Fsp3) is 0.381. The molecule has 1 atom stereocenters. The highest BCUT2D eigenvalue weighted by Gasteiger charge is 2.17. The lowest BCUT2D eigenvalue weighted by Crippen LogP contribution is -2.23. The van der Waals surface area contributed by atoms with E-state index in [1.54, 1.807) is 14.2 Å². The molecular weight excluding hydrogens is 314 g/mol. The minimum atomic E-state index is -0.151. The van der Waals surface area contributed by atoms with Crippen LogP contribution in [0.25, 0.3) is 0 Å². The zero-order valence-corrected chi connectivity index (χ0v) is 15.7. The molecule has 0 aliphatic heterocycles. The molecule has 0 fully saturated rings. The molecule has 0 spiro atoms. The molecule has 0 radical (unpaired) electrons. The van der Waals surface area contributed by atoms with Crippen LogP contribution in [0.4, 0.5) is 5.69 Å². The van der Waals surface area contributed by atoms with Gasteiger partial charge in [0.25, 0.3) is 0 Å². The topological polar surface area (TPSA) is 47.6 Å². The van der Waals surface area contributed by atoms with Gasteiger partial charge in [0.05, 0.1) is 14.2 Å². The fourth-order valence-electron chi connectivity index (χ4n) is 2.90. The molecular formula is C21H27NO3. The highest BCUT2D eigenvalue weighted by atomic mass is 16.5. The predicted molar refractivity (Wildman–Crippen MR) is 102 cm³/mol. The van der Waals surface area contributed by atoms with Crippen LogP contribution in [0.2, 0.25) is 0 Å². The van der Waals surface area contributed by atoms with Crippen LogP contribution in [0, 0.1) is 12.8 Å². The van der Waals surface area contributed by atoms with Crippen LogP contribution in [0.3, 0.4) is 0 Å². The summed E-state index contributed by atoms with van der Waals surface area (Å²) in [4.78, 5) is 12.6. The number of carbonyl (C=O) groups is 1. The summed E-state index contributed by atoms with van der Waals surface area (Å²) in [6, 6.07) is 11.9. The number of para-hydroxylation sites is 1. The molecule has 134 valence electrons. The second kappa shape index (κ2) is 8.56. The van der Waals surface area contributed by atoms with E-state index < -0.39 is 0 Å². The van der Waals surface area contributed by atoms with Gasteiger partial charge in [-0.1, -0.05) is 38.1 Å². The maximum absolute atomic E-state index is 12.6. The van der Waals surface area contributed by atoms with Gasteiger partial charge in [-0.25, -0.2) is 0 Å². The van der Waals surface area contributed by atoms with E-state index in [2.05, 4.69) is 18.3 Å². The van der Waals surface area contributed by atoms with Gasteiger partial charge in [-0.2, -0.15) is 0 Å². The SMILES string of the molecule is CCc1cccc(C)c1NC(=O)C(C)Cc1ccc(OC)c(OC)c1. The largest absolute Gasteiger partial charge is 0.493 e. The molecule has 4 heteroatoms. The van der Waals surface area contributed by atoms with Gasteiger partial charge in [-0.3, -0.25) is 4.79 Å². The highest BCUT2D eigenvalue weighted by Crippen LogP contribution is 2.29. The first kappa shape index (κ1) is 18.8. The molecule has 1 amide bonds. The quantitative estimate of drug-likeness (QED) is 0.812. The third-order valence-electron chi connectivity index (χ3n) is 4.43. The van der Waals surface area contributed by atoms with Crippen molar-refractivity contribution in [2.45, 2.75) is 33.6 Å². The summed E-state index contributed by atoms with van der Waals surface area (Å²) in [5.74, 6) is 1.25. The average molecular weight is 341 g/mol. The van der Waals surface area contributed by atoms with E-state index in [1.165, 1.54) is 0 Å². The number of hydrogen-bond donors (Lipinski definition) is 1. The van der Waals surface area contributed by atoms with Gasteiger partial charge in [-0.15, -0.1) is 0 Å². The van der Waals surface area contributed by atoms with Crippen LogP contribution < -0.4 is 14.8 Å². The number of methoxy groups -OCH3 is 2. The summed E-state index contributed by atoms with van der Waals surface area (Å²) in [7, 11) is 3.23. The lowest BCUT2D eigenvalue weighted by molar-refractivity contribution is -0.119. The van der Waals surface area contributed by atoms with Crippen molar-refractivity contribution >= 4 is 11.6 Å². The Hall–Kier alpha value is -2.49. The molecule has 0 saturated carbocycles. The van der Waals surface area contributed by atoms with Crippen molar-refractivity contribution in [2.75, 3.05) is 19.5 Å². The van der Waals surface area contributed by atoms with Gasteiger partial charge >= 0.3 is 0 Å². The summed E-state index contributed by atoms with van der Waals surface area (Å²) in [6.07, 6.45) is 1.53. The molecule has 4 nitrogen and oxygen atoms in total. The fourth-order valence-corrected chi connectivity index (χ4v) is 2.90. The predicted octanol–water partition coefficient (Wildman–Crippen LogP) is 4.39. The van der Waals surface area contributed by atoms with Crippen molar-refractivity contribution in [1.82, 2.24) is 0 Å². The van der Waals surface area contributed by atoms with Gasteiger partial charge in [0.15, 0.2) is 11.5 Å². The molecule has 25 heavy (non-hydrogen) atoms. The first-order chi connectivity index (χ1) is 12.0. The number of ether oxygens (including phenoxy) is 2. The lowest BCUT2D eigenvalue weighted by atomic mass is 9.99. The van der Waals surface area contributed by atoms with Crippen LogP contribution in [0.5, 0.6) is 11.5 Å². The van der Waals surface area contributed by atoms with Crippen molar-refractivity contribution < 1.29 is 14.3 Å². The maximum atomic E-state index is 12.6. The number of nitrogens with one attached hydrogen (secondary N) is 1. The first-order valence-corrected chi connectivity index (χ1v) is 8.60. The summed E-state index contributed by atoms with van der Waals surface area (Å²) >= 11 is 0. The van der Waals surface area contributed by atoms with Crippen LogP contribution in [0.15, 0.2) is 36.4 Å². The molecule has 2 rings (SSSR count). The Bertz CT molecular complexity index is 740. The molecule has 2 aromatic carbocycles. The zero-order valence-electron chi connectivity index (χ0n) is 15.7. The number of carbonyl (C=O) groups excluding carboxylic acids is 1. The minimum Gasteiger partial charge on any atom is -0.493 e. The first-order valence-electron chi connectivity index (χ1n) is 8.60. The van der Waals surface area contributed by atoms with Gasteiger partial charge < -0.3 is 14.8 Å². The molecule has 2 aromatic rings. The molecule has 0 aliphatic carbocycles. The van der Waals surface area contributed by atoms with Crippen LogP contribution in [0.1, 0.15) is 30.5 Å². The monoisotopic (exact) mass is 341 g/mol. The summed E-state index contributed by atoms with van der Waals surface area (Å²) in [5.41, 5.74) is 4.23. The van der Waals surface area contributed by atoms with Crippen LogP contribution in [-0.4, -0.2) is 20.1 Å². The normalized spacial score (nSPS) is 11.7. The van der Waals surface area contributed by atoms with Crippen molar-refractivity contribution in [3.63, 3.8) is 0 Å². The Morgan fingerprint density at radius 3 is 2.48 bits per heavy atom. The van der Waals surface area contributed by atoms with Gasteiger partial charge in [-0.05, 0) is 48.6 Å². The van der Waals surface area contributed by atoms with Gasteiger partial charge in [0.2, 0.25) is 5.91 Å². The molecule has 0 heterocycles. The number of anilines is 1. The second-order valence-corrected chi connectivity index (χ2v) is 6.25. The van der Waals surface area contributed by atoms with E-state index in [0.29, 0.717) is 17.9 Å². The smallest absolute Gasteiger partial charge is 0.227 e. The van der Waals surface area contributed by atoms with E-state index in [9.17, 15) is 4.79 Å². The molecule has 1 unspecified atom stereocenters. The Kier molecular flexibility index (Phi) is 6.45. The number of benzene rings is 2. The molecule has 0 bridgehead atoms. The Labute approximate surface area is 150 Å². The van der Waals surface area contributed by atoms with E-state index in [0.717, 1.165) is 28.8 Å². The van der Waals surface area contributed by atoms with Crippen molar-refractivity contribution in [1.29, 1.82) is 0 Å². The number of hydrogen-bond acceptors (Lipinski definition) is 3. The van der Waals surface area contributed by atoms with E-state index in [1.807, 2.05) is 44.2 Å². The number of rotatable bonds is 7. The third kappa shape index (κ3) is 4.53. The molecule has 0 aliphatic rings. The van der Waals surface area contributed by atoms with E-state index >= 15 is 0 Å². The summed E-state index contributed by atoms with van der Waals surface area (Å²) < 4.78 is 10.6. The molecule has 1 N–H and O–H groups in total. The van der Waals surface area contributed by atoms with Crippen molar-refractivity contribution in [2.24, 2.45) is 5.92 Å². The van der Waals surface area contributed by atoms with Gasteiger partial charge in [0.1, 0.15) is 0 Å². The van der Waals surface area contributed by atoms with E-state index in [4.69, 9.17) is 9.47 Å². The third-order valence-corrected chi connectivity index (χ3v) is 4.43. The number of amides is 1. The highest BCUT2D eigenvalue weighted by molar-refractivity contribution is 5.94. The summed E-state index contributed by atoms with van der Waals surface area (Å²) in [5, 5.41) is 3.11. The minimum absolute atomic E-state index is 0.0267. The zero-order chi connectivity index (χ0) is 18.4. The second-order valence-electron chi connectivity index (χ2n) is 6.25. The lowest BCUT2D eigenvalue weighted by Gasteiger charge is -2.17. The average Bonchev–Trinajstić information content (AvgIpc) is 2.62. The van der Waals surface area contributed by atoms with E-state index in [-0.39, 0.29) is 11.8 Å². The van der Waals surface area contributed by atoms with Crippen molar-refractivity contribution in [3.8, 4) is 11.5 Å². The van der Waals surface area contributed by atoms with Crippen molar-refractivity contribution in [3.05, 3.63) is 53.1 Å². The standard InChI is InChI=1S/C21H27NO3/c1-6-17-9-7-8-14(2)20(17)22-21(23)15(3)12-16-10-11-18(24-4)19(13-16)25-5/h7-11,13,15H,6,12H2,1-5H3,(H,22,23). The summed E-state index contributed by atoms with van der Waals surface area (Å²) in [6.45, 7) is 6.06. The molecule has 0 aromatic heterocycles. The Morgan fingerprint density at radius 1 is 1.12 bits per heavy atom. The maximum Gasteiger partial charge on any atom is 0.227 e.